The van der Waals surface area contributed by atoms with Crippen molar-refractivity contribution in [3.05, 3.63) is 11.3 Å². The molecule has 0 amide bonds. The summed E-state index contributed by atoms with van der Waals surface area (Å²) >= 11 is 0. The lowest BCUT2D eigenvalue weighted by Crippen LogP contribution is -2.35. The van der Waals surface area contributed by atoms with Gasteiger partial charge in [-0.2, -0.15) is 0 Å². The van der Waals surface area contributed by atoms with Crippen LogP contribution in [-0.4, -0.2) is 37.1 Å². The molecule has 146 valence electrons. The van der Waals surface area contributed by atoms with E-state index in [1.165, 1.54) is 114 Å². The van der Waals surface area contributed by atoms with Gasteiger partial charge >= 0.3 is 0 Å². The van der Waals surface area contributed by atoms with Crippen LogP contribution >= 0.6 is 0 Å². The van der Waals surface area contributed by atoms with E-state index in [1.54, 1.807) is 0 Å². The third-order valence-electron chi connectivity index (χ3n) is 6.79. The molecule has 26 heavy (non-hydrogen) atoms. The van der Waals surface area contributed by atoms with Gasteiger partial charge in [0.25, 0.3) is 0 Å². The summed E-state index contributed by atoms with van der Waals surface area (Å²) in [4.78, 5) is 12.3. The molecule has 0 aromatic rings. The van der Waals surface area contributed by atoms with E-state index in [0.717, 1.165) is 11.8 Å². The lowest BCUT2D eigenvalue weighted by molar-refractivity contribution is 0.315. The molecule has 1 saturated carbocycles. The molecule has 3 aliphatic rings. The van der Waals surface area contributed by atoms with Gasteiger partial charge in [0.15, 0.2) is 0 Å². The zero-order valence-electron chi connectivity index (χ0n) is 17.2. The van der Waals surface area contributed by atoms with Crippen molar-refractivity contribution in [2.45, 2.75) is 90.4 Å². The highest BCUT2D eigenvalue weighted by atomic mass is 15.2. The van der Waals surface area contributed by atoms with Crippen LogP contribution in [0.25, 0.3) is 0 Å². The van der Waals surface area contributed by atoms with Gasteiger partial charge in [-0.15, -0.1) is 0 Å². The molecule has 2 aliphatic carbocycles. The highest BCUT2D eigenvalue weighted by Crippen LogP contribution is 2.41. The first-order valence-electron chi connectivity index (χ1n) is 11.3. The van der Waals surface area contributed by atoms with Gasteiger partial charge in [0.2, 0.25) is 0 Å². The fourth-order valence-electron chi connectivity index (χ4n) is 5.44. The Bertz CT molecular complexity index is 518. The first-order chi connectivity index (χ1) is 12.8. The molecule has 1 aliphatic heterocycles. The van der Waals surface area contributed by atoms with E-state index >= 15 is 0 Å². The van der Waals surface area contributed by atoms with Gasteiger partial charge in [-0.05, 0) is 57.3 Å². The Hall–Kier alpha value is -1.12. The third-order valence-corrected chi connectivity index (χ3v) is 6.79. The maximum absolute atomic E-state index is 4.90. The zero-order valence-corrected chi connectivity index (χ0v) is 17.2. The van der Waals surface area contributed by atoms with Crippen molar-refractivity contribution in [3.8, 4) is 0 Å². The van der Waals surface area contributed by atoms with E-state index in [-0.39, 0.29) is 0 Å². The van der Waals surface area contributed by atoms with E-state index in [9.17, 15) is 0 Å². The number of amidine groups is 1. The van der Waals surface area contributed by atoms with Crippen molar-refractivity contribution in [2.75, 3.05) is 20.1 Å². The van der Waals surface area contributed by atoms with E-state index < -0.39 is 0 Å². The summed E-state index contributed by atoms with van der Waals surface area (Å²) in [6, 6.07) is 0. The Morgan fingerprint density at radius 2 is 1.54 bits per heavy atom. The molecule has 2 fully saturated rings. The van der Waals surface area contributed by atoms with Gasteiger partial charge in [0.1, 0.15) is 5.84 Å². The van der Waals surface area contributed by atoms with E-state index in [0.29, 0.717) is 0 Å². The third kappa shape index (κ3) is 4.98. The molecule has 0 radical (unpaired) electrons. The topological polar surface area (TPSA) is 28.0 Å². The number of nitrogens with zero attached hydrogens (tertiary/aromatic N) is 3. The fraction of sp³-hybridized carbons (Fsp3) is 0.826. The van der Waals surface area contributed by atoms with Crippen LogP contribution in [0.2, 0.25) is 0 Å². The van der Waals surface area contributed by atoms with Gasteiger partial charge in [0, 0.05) is 37.6 Å². The molecule has 0 aromatic heterocycles. The summed E-state index contributed by atoms with van der Waals surface area (Å²) < 4.78 is 0. The Kier molecular flexibility index (Phi) is 7.76. The Labute approximate surface area is 161 Å². The van der Waals surface area contributed by atoms with Crippen LogP contribution in [0.3, 0.4) is 0 Å². The number of rotatable bonds is 3. The highest BCUT2D eigenvalue weighted by Gasteiger charge is 2.30. The Morgan fingerprint density at radius 1 is 0.885 bits per heavy atom. The molecule has 1 atom stereocenters. The maximum atomic E-state index is 4.90. The van der Waals surface area contributed by atoms with Crippen LogP contribution in [0.15, 0.2) is 21.3 Å². The minimum absolute atomic E-state index is 0.846. The number of hydrogen-bond donors (Lipinski definition) is 0. The molecule has 3 heteroatoms. The molecule has 3 rings (SSSR count). The van der Waals surface area contributed by atoms with Gasteiger partial charge in [-0.3, -0.25) is 9.98 Å². The monoisotopic (exact) mass is 357 g/mol. The molecule has 0 spiro atoms. The average Bonchev–Trinajstić information content (AvgIpc) is 3.07. The van der Waals surface area contributed by atoms with Crippen molar-refractivity contribution in [2.24, 2.45) is 21.8 Å². The van der Waals surface area contributed by atoms with Crippen molar-refractivity contribution < 1.29 is 0 Å². The quantitative estimate of drug-likeness (QED) is 0.449. The molecule has 3 nitrogen and oxygen atoms in total. The maximum Gasteiger partial charge on any atom is 0.128 e. The minimum Gasteiger partial charge on any atom is -0.357 e. The Morgan fingerprint density at radius 3 is 2.19 bits per heavy atom. The minimum atomic E-state index is 0.846. The fourth-order valence-corrected chi connectivity index (χ4v) is 5.44. The Balaban J connectivity index is 1.83. The summed E-state index contributed by atoms with van der Waals surface area (Å²) in [5, 5.41) is 0. The second-order valence-corrected chi connectivity index (χ2v) is 8.52. The number of allylic oxidation sites excluding steroid dienone is 1. The molecule has 1 saturated heterocycles. The molecule has 0 N–H and O–H groups in total. The predicted molar refractivity (Wildman–Crippen MR) is 113 cm³/mol. The second-order valence-electron chi connectivity index (χ2n) is 8.52. The lowest BCUT2D eigenvalue weighted by atomic mass is 9.85. The second kappa shape index (κ2) is 10.3. The van der Waals surface area contributed by atoms with E-state index in [1.807, 2.05) is 13.3 Å². The van der Waals surface area contributed by atoms with Crippen LogP contribution in [0, 0.1) is 11.8 Å². The molecule has 1 unspecified atom stereocenters. The average molecular weight is 358 g/mol. The van der Waals surface area contributed by atoms with Crippen molar-refractivity contribution in [3.63, 3.8) is 0 Å². The van der Waals surface area contributed by atoms with E-state index in [2.05, 4.69) is 11.8 Å². The smallest absolute Gasteiger partial charge is 0.128 e. The summed E-state index contributed by atoms with van der Waals surface area (Å²) in [6.07, 6.45) is 19.6. The van der Waals surface area contributed by atoms with Gasteiger partial charge in [-0.25, -0.2) is 0 Å². The summed E-state index contributed by atoms with van der Waals surface area (Å²) in [5.74, 6) is 3.05. The first kappa shape index (κ1) is 19.6. The lowest BCUT2D eigenvalue weighted by Gasteiger charge is -2.30. The summed E-state index contributed by atoms with van der Waals surface area (Å²) in [6.45, 7) is 4.41. The van der Waals surface area contributed by atoms with Gasteiger partial charge in [0.05, 0.1) is 0 Å². The van der Waals surface area contributed by atoms with Crippen molar-refractivity contribution in [1.82, 2.24) is 4.90 Å². The molecular weight excluding hydrogens is 318 g/mol. The van der Waals surface area contributed by atoms with Gasteiger partial charge < -0.3 is 4.90 Å². The predicted octanol–water partition coefficient (Wildman–Crippen LogP) is 6.01. The van der Waals surface area contributed by atoms with E-state index in [4.69, 9.17) is 9.98 Å². The summed E-state index contributed by atoms with van der Waals surface area (Å²) in [7, 11) is 1.99. The van der Waals surface area contributed by atoms with Crippen molar-refractivity contribution >= 4 is 12.1 Å². The number of hydrogen-bond acceptors (Lipinski definition) is 2. The molecule has 1 heterocycles. The SMILES string of the molecule is CC=NC1=C(C(=NC)N2CCCCCCC2)CCCC(C2CCCC2)C1. The number of aliphatic imine (C=N–C) groups is 2. The molecular formula is C23H39N3. The van der Waals surface area contributed by atoms with Crippen LogP contribution in [0.1, 0.15) is 90.4 Å². The van der Waals surface area contributed by atoms with Gasteiger partial charge in [-0.1, -0.05) is 44.9 Å². The largest absolute Gasteiger partial charge is 0.357 e. The normalized spacial score (nSPS) is 27.7. The summed E-state index contributed by atoms with van der Waals surface area (Å²) in [5.41, 5.74) is 2.82. The standard InChI is InChI=1S/C23H39N3/c1-3-25-22-18-20(19-12-7-8-13-19)14-11-15-21(22)23(24-2)26-16-9-5-4-6-10-17-26/h3,19-20H,4-18H2,1-2H3. The molecule has 0 aromatic carbocycles. The van der Waals surface area contributed by atoms with Crippen molar-refractivity contribution in [1.29, 1.82) is 0 Å². The number of likely N-dealkylation sites (tertiary alicyclic amines) is 1. The highest BCUT2D eigenvalue weighted by molar-refractivity contribution is 5.99. The molecule has 0 bridgehead atoms. The van der Waals surface area contributed by atoms with Crippen LogP contribution in [0.4, 0.5) is 0 Å². The zero-order chi connectivity index (χ0) is 18.2. The van der Waals surface area contributed by atoms with Crippen LogP contribution in [0.5, 0.6) is 0 Å². The first-order valence-corrected chi connectivity index (χ1v) is 11.3. The van der Waals surface area contributed by atoms with Crippen LogP contribution < -0.4 is 0 Å². The van der Waals surface area contributed by atoms with Crippen LogP contribution in [-0.2, 0) is 0 Å².